The predicted octanol–water partition coefficient (Wildman–Crippen LogP) is 36.6. The molecule has 0 fully saturated rings. The van der Waals surface area contributed by atoms with Crippen LogP contribution in [0.1, 0.15) is 138 Å². The molecule has 6 nitrogen and oxygen atoms in total. The molecule has 0 N–H and O–H groups in total. The van der Waals surface area contributed by atoms with E-state index in [1.165, 1.54) is 193 Å². The number of furan rings is 1. The van der Waals surface area contributed by atoms with Crippen molar-refractivity contribution in [1.82, 2.24) is 0 Å². The molecule has 0 radical (unpaired) electrons. The van der Waals surface area contributed by atoms with Gasteiger partial charge in [-0.3, -0.25) is 0 Å². The second kappa shape index (κ2) is 33.6. The number of benzene rings is 11. The molecule has 19 heteroatoms. The predicted molar refractivity (Wildman–Crippen MR) is 596 cm³/mol. The molecule has 8 aliphatic rings. The zero-order chi connectivity index (χ0) is 92.9. The highest BCUT2D eigenvalue weighted by Gasteiger charge is 2.53. The Morgan fingerprint density at radius 2 is 0.755 bits per heavy atom. The minimum atomic E-state index is -0.373. The van der Waals surface area contributed by atoms with Crippen molar-refractivity contribution in [2.45, 2.75) is 73.7 Å². The van der Waals surface area contributed by atoms with Gasteiger partial charge in [0.15, 0.2) is 11.5 Å². The molecule has 2 aliphatic heterocycles. The molecule has 0 atom stereocenters. The molecular weight excluding hydrogens is 2010 g/mol. The van der Waals surface area contributed by atoms with E-state index in [-0.39, 0.29) is 27.1 Å². The van der Waals surface area contributed by atoms with Crippen LogP contribution in [-0.2, 0) is 51.3 Å². The number of fused-ring (bicyclic) bond motifs is 28. The van der Waals surface area contributed by atoms with Gasteiger partial charge >= 0.3 is 0 Å². The summed E-state index contributed by atoms with van der Waals surface area (Å²) in [7, 11) is 3.39. The van der Waals surface area contributed by atoms with Crippen LogP contribution in [0.15, 0.2) is 335 Å². The van der Waals surface area contributed by atoms with Gasteiger partial charge in [0.2, 0.25) is 0 Å². The van der Waals surface area contributed by atoms with E-state index in [1.807, 2.05) is 161 Å². The first-order chi connectivity index (χ1) is 68.3. The van der Waals surface area contributed by atoms with Crippen LogP contribution in [0.3, 0.4) is 0 Å². The molecule has 678 valence electrons. The maximum Gasteiger partial charge on any atom is 0.161 e. The van der Waals surface area contributed by atoms with Crippen molar-refractivity contribution < 1.29 is 28.1 Å². The highest BCUT2D eigenvalue weighted by atomic mass is 79.9. The van der Waals surface area contributed by atoms with Gasteiger partial charge in [0.1, 0.15) is 48.2 Å². The standard InChI is InChI=1S/C27H15ClOS2.C27H20S2.C23H15BrO2S2.C22H14S3.C21H18O3S2/c28-18-8-5-16(6-9-18)27(21-11-13-30-25(21)26-22(27)12-14-31-26)17-7-10-20-19-3-1-2-4-23(19)29-24(20)15-17;1-27(22-11-13-28-25(22)26-23(27)12-14-29-26)24-15-21-17-6-3-2-5-16(17)9-10-19(21)18-7-4-8-20(18)24;24-16-4-1-14(2-5-16)23(15-3-6-19-20(13-15)26-10-9-25-19)17-7-11-27-21(17)22-18(23)8-12-28-22;1-22(16-8-10-23-20(16)21-17(22)9-11-24-21)13-6-7-15-14-4-2-3-5-18(14)25-19(15)12-13;1-21(14-6-8-25-19(14)20-15(21)7-9-26-20)18-10-12-13(11-24-18)17(23-3)5-4-16(12)22-2/h1-15H;2-3,5-6,9-15H,4,7-8H2,1H3;1-8,11-13H,9-10H2;2-12H,1H3;4-10H,11H2,1-3H3. The number of hydrogen-bond donors (Lipinski definition) is 0. The summed E-state index contributed by atoms with van der Waals surface area (Å²) in [5, 5.41) is 33.7. The molecule has 12 aromatic heterocycles. The summed E-state index contributed by atoms with van der Waals surface area (Å²) in [5.41, 5.74) is 28.0. The number of aryl methyl sites for hydroxylation is 1. The average Bonchev–Trinajstić information content (AvgIpc) is 1.53. The van der Waals surface area contributed by atoms with E-state index >= 15 is 0 Å². The topological polar surface area (TPSA) is 59.3 Å². The van der Waals surface area contributed by atoms with E-state index in [0.717, 1.165) is 71.3 Å². The lowest BCUT2D eigenvalue weighted by atomic mass is 9.68. The third-order valence-corrected chi connectivity index (χ3v) is 42.2. The minimum absolute atomic E-state index is 0.0327. The fourth-order valence-corrected chi connectivity index (χ4v) is 36.2. The molecule has 0 saturated carbocycles. The van der Waals surface area contributed by atoms with Gasteiger partial charge in [-0.05, 0) is 361 Å². The molecule has 11 aromatic carbocycles. The van der Waals surface area contributed by atoms with Gasteiger partial charge in [0.05, 0.1) is 30.5 Å². The third kappa shape index (κ3) is 12.9. The van der Waals surface area contributed by atoms with E-state index in [0.29, 0.717) is 19.8 Å². The zero-order valence-corrected chi connectivity index (χ0v) is 87.0. The molecule has 6 aliphatic carbocycles. The van der Waals surface area contributed by atoms with Crippen molar-refractivity contribution in [3.8, 4) is 71.8 Å². The van der Waals surface area contributed by atoms with Crippen LogP contribution in [-0.4, -0.2) is 27.4 Å². The molecule has 23 aromatic rings. The highest BCUT2D eigenvalue weighted by Crippen LogP contribution is 2.66. The monoisotopic (exact) mass is 2080 g/mol. The van der Waals surface area contributed by atoms with E-state index in [2.05, 4.69) is 327 Å². The molecule has 31 rings (SSSR count). The molecule has 0 spiro atoms. The van der Waals surface area contributed by atoms with Crippen LogP contribution < -0.4 is 18.9 Å². The molecule has 0 bridgehead atoms. The van der Waals surface area contributed by atoms with Gasteiger partial charge in [-0.2, -0.15) is 0 Å². The summed E-state index contributed by atoms with van der Waals surface area (Å²) in [4.78, 5) is 14.1. The molecular formula is C120H82BrClO6S11. The van der Waals surface area contributed by atoms with E-state index in [4.69, 9.17) is 39.7 Å². The quantitative estimate of drug-likeness (QED) is 0.134. The fourth-order valence-electron chi connectivity index (χ4n) is 23.9. The molecule has 0 amide bonds. The molecule has 14 heterocycles. The van der Waals surface area contributed by atoms with E-state index < -0.39 is 0 Å². The van der Waals surface area contributed by atoms with Crippen LogP contribution in [0.5, 0.6) is 23.0 Å². The second-order valence-corrected chi connectivity index (χ2v) is 48.4. The normalized spacial score (nSPS) is 15.5. The van der Waals surface area contributed by atoms with Crippen molar-refractivity contribution in [3.63, 3.8) is 0 Å². The average molecular weight is 2090 g/mol. The molecule has 0 saturated heterocycles. The van der Waals surface area contributed by atoms with Crippen LogP contribution in [0.2, 0.25) is 5.02 Å². The van der Waals surface area contributed by atoms with Gasteiger partial charge in [-0.25, -0.2) is 0 Å². The number of methoxy groups -OCH3 is 2. The lowest BCUT2D eigenvalue weighted by molar-refractivity contribution is 0.162. The minimum Gasteiger partial charge on any atom is -0.496 e. The first-order valence-electron chi connectivity index (χ1n) is 46.4. The lowest BCUT2D eigenvalue weighted by Gasteiger charge is -2.33. The first kappa shape index (κ1) is 86.6. The number of thiophene rings is 11. The fraction of sp³-hybridized carbons (Fsp3) is 0.133. The van der Waals surface area contributed by atoms with E-state index in [1.54, 1.807) is 30.9 Å². The summed E-state index contributed by atoms with van der Waals surface area (Å²) in [6.07, 6.45) is 5.83. The van der Waals surface area contributed by atoms with Crippen molar-refractivity contribution in [2.24, 2.45) is 0 Å². The number of ether oxygens (including phenoxy) is 5. The van der Waals surface area contributed by atoms with Crippen molar-refractivity contribution >= 4 is 222 Å². The van der Waals surface area contributed by atoms with Gasteiger partial charge in [0, 0.05) is 111 Å². The lowest BCUT2D eigenvalue weighted by Crippen LogP contribution is -2.28. The Kier molecular flexibility index (Phi) is 20.9. The Hall–Kier alpha value is -11.5. The second-order valence-electron chi connectivity index (χ2n) is 36.8. The van der Waals surface area contributed by atoms with Crippen LogP contribution in [0.4, 0.5) is 0 Å². The number of hydrogen-bond acceptors (Lipinski definition) is 17. The largest absolute Gasteiger partial charge is 0.496 e. The van der Waals surface area contributed by atoms with Crippen LogP contribution in [0.25, 0.3) is 119 Å². The Balaban J connectivity index is 0.0000000876. The summed E-state index contributed by atoms with van der Waals surface area (Å²) in [5.74, 6) is 4.31. The van der Waals surface area contributed by atoms with Gasteiger partial charge < -0.3 is 28.1 Å². The Labute approximate surface area is 861 Å². The smallest absolute Gasteiger partial charge is 0.161 e. The highest BCUT2D eigenvalue weighted by molar-refractivity contribution is 9.10. The van der Waals surface area contributed by atoms with E-state index in [9.17, 15) is 0 Å². The summed E-state index contributed by atoms with van der Waals surface area (Å²) in [6, 6.07) is 97.2. The van der Waals surface area contributed by atoms with Gasteiger partial charge in [-0.1, -0.05) is 155 Å². The van der Waals surface area contributed by atoms with Crippen LogP contribution in [0, 0.1) is 0 Å². The number of rotatable bonds is 9. The summed E-state index contributed by atoms with van der Waals surface area (Å²) < 4.78 is 39.3. The van der Waals surface area contributed by atoms with Gasteiger partial charge in [0.25, 0.3) is 0 Å². The summed E-state index contributed by atoms with van der Waals surface area (Å²) >= 11 is 30.3. The van der Waals surface area contributed by atoms with Crippen molar-refractivity contribution in [2.75, 3.05) is 27.4 Å². The SMILES string of the molecule is Brc1ccc(C2(c3ccc4c(c3)OCCO4)c3ccsc3-c3sccc32)cc1.CC1(c2cc3c(ccc4ccccc43)c3c2CCC3)c2ccsc2-c2sccc21.CC1(c2ccc3c(c2)sc2ccccc23)c2ccsc2-c2sccc21.COc1ccc(OC)c2c1C=C(C1(C)c3ccsc3-c3sccc31)OC2.Clc1ccc(C2(c3ccc4c(c3)oc3ccccc34)c3ccsc3-c3sccc32)cc1. The summed E-state index contributed by atoms with van der Waals surface area (Å²) in [6.45, 7) is 8.81. The number of halogens is 2. The van der Waals surface area contributed by atoms with Crippen molar-refractivity contribution in [1.29, 1.82) is 0 Å². The zero-order valence-electron chi connectivity index (χ0n) is 75.7. The Morgan fingerprint density at radius 1 is 0.317 bits per heavy atom. The van der Waals surface area contributed by atoms with Gasteiger partial charge in [-0.15, -0.1) is 125 Å². The first-order valence-corrected chi connectivity index (χ1v) is 57.2. The molecule has 0 unspecified atom stereocenters. The number of para-hydroxylation sites is 1. The van der Waals surface area contributed by atoms with Crippen LogP contribution >= 0.6 is 152 Å². The van der Waals surface area contributed by atoms with Crippen molar-refractivity contribution in [3.05, 3.63) is 447 Å². The maximum atomic E-state index is 6.32. The third-order valence-electron chi connectivity index (χ3n) is 30.3. The maximum absolute atomic E-state index is 6.32. The Morgan fingerprint density at radius 3 is 1.34 bits per heavy atom. The molecule has 139 heavy (non-hydrogen) atoms. The number of allylic oxidation sites excluding steroid dienone is 1. The Bertz CT molecular complexity index is 8720.